The Morgan fingerprint density at radius 2 is 1.76 bits per heavy atom. The normalized spacial score (nSPS) is 24.3. The van der Waals surface area contributed by atoms with Gasteiger partial charge in [-0.15, -0.1) is 0 Å². The summed E-state index contributed by atoms with van der Waals surface area (Å²) in [5.74, 6) is -2.58. The first-order valence-corrected chi connectivity index (χ1v) is 13.2. The van der Waals surface area contributed by atoms with Crippen molar-refractivity contribution in [2.45, 2.75) is 82.8 Å². The molecular formula is C28H33F6NO3. The number of nitrogens with zero attached hydrogens (tertiary/aromatic N) is 1. The molecule has 0 bridgehead atoms. The largest absolute Gasteiger partial charge is 0.490 e. The molecule has 0 spiro atoms. The summed E-state index contributed by atoms with van der Waals surface area (Å²) in [6.07, 6.45) is -7.40. The molecule has 2 fully saturated rings. The van der Waals surface area contributed by atoms with E-state index < -0.39 is 35.9 Å². The van der Waals surface area contributed by atoms with Gasteiger partial charge in [0.25, 0.3) is 0 Å². The van der Waals surface area contributed by atoms with E-state index in [9.17, 15) is 36.2 Å². The maximum atomic E-state index is 14.2. The van der Waals surface area contributed by atoms with Gasteiger partial charge in [-0.2, -0.15) is 26.3 Å². The second-order valence-corrected chi connectivity index (χ2v) is 10.6. The fourth-order valence-electron chi connectivity index (χ4n) is 6.11. The molecule has 4 nitrogen and oxygen atoms in total. The van der Waals surface area contributed by atoms with E-state index in [2.05, 4.69) is 4.90 Å². The number of fused-ring (bicyclic) bond motifs is 1. The molecule has 1 unspecified atom stereocenters. The fourth-order valence-corrected chi connectivity index (χ4v) is 6.11. The van der Waals surface area contributed by atoms with Crippen LogP contribution in [0, 0.1) is 11.8 Å². The van der Waals surface area contributed by atoms with Gasteiger partial charge in [-0.1, -0.05) is 25.1 Å². The lowest BCUT2D eigenvalue weighted by Gasteiger charge is -2.38. The molecule has 1 aliphatic carbocycles. The number of alkyl halides is 6. The number of likely N-dealkylation sites (tertiary alicyclic amines) is 1. The third-order valence-corrected chi connectivity index (χ3v) is 7.95. The number of carboxylic acid groups (broad SMARTS) is 1. The van der Waals surface area contributed by atoms with Crippen LogP contribution in [-0.4, -0.2) is 41.3 Å². The van der Waals surface area contributed by atoms with E-state index in [0.29, 0.717) is 11.9 Å². The Balaban J connectivity index is 1.58. The van der Waals surface area contributed by atoms with Gasteiger partial charge in [-0.05, 0) is 85.9 Å². The maximum absolute atomic E-state index is 14.2. The van der Waals surface area contributed by atoms with Crippen LogP contribution in [0.1, 0.15) is 75.5 Å². The highest BCUT2D eigenvalue weighted by atomic mass is 19.4. The minimum Gasteiger partial charge on any atom is -0.490 e. The summed E-state index contributed by atoms with van der Waals surface area (Å²) in [5, 5.41) is 9.57. The van der Waals surface area contributed by atoms with Crippen LogP contribution in [0.2, 0.25) is 0 Å². The second-order valence-electron chi connectivity index (χ2n) is 10.6. The average molecular weight is 546 g/mol. The van der Waals surface area contributed by atoms with Crippen molar-refractivity contribution in [2.24, 2.45) is 11.8 Å². The minimum atomic E-state index is -4.71. The lowest BCUT2D eigenvalue weighted by atomic mass is 9.87. The topological polar surface area (TPSA) is 49.8 Å². The van der Waals surface area contributed by atoms with E-state index in [-0.39, 0.29) is 55.2 Å². The van der Waals surface area contributed by atoms with Crippen LogP contribution in [0.5, 0.6) is 5.75 Å². The van der Waals surface area contributed by atoms with Gasteiger partial charge in [0.2, 0.25) is 0 Å². The van der Waals surface area contributed by atoms with Gasteiger partial charge in [-0.3, -0.25) is 9.69 Å². The van der Waals surface area contributed by atoms with Crippen LogP contribution < -0.4 is 4.74 Å². The van der Waals surface area contributed by atoms with E-state index >= 15 is 0 Å². The van der Waals surface area contributed by atoms with E-state index in [0.717, 1.165) is 31.4 Å². The summed E-state index contributed by atoms with van der Waals surface area (Å²) < 4.78 is 87.3. The Labute approximate surface area is 217 Å². The van der Waals surface area contributed by atoms with Crippen molar-refractivity contribution in [2.75, 3.05) is 13.1 Å². The van der Waals surface area contributed by atoms with E-state index in [4.69, 9.17) is 4.74 Å². The summed E-state index contributed by atoms with van der Waals surface area (Å²) in [6.45, 7) is 3.42. The van der Waals surface area contributed by atoms with Gasteiger partial charge < -0.3 is 9.84 Å². The van der Waals surface area contributed by atoms with Crippen LogP contribution >= 0.6 is 0 Å². The molecule has 1 N–H and O–H groups in total. The fraction of sp³-hybridized carbons (Fsp3) is 0.607. The summed E-state index contributed by atoms with van der Waals surface area (Å²) in [6, 6.07) is 7.67. The summed E-state index contributed by atoms with van der Waals surface area (Å²) in [5.41, 5.74) is -0.0460. The number of rotatable bonds is 7. The third-order valence-electron chi connectivity index (χ3n) is 7.95. The number of benzene rings is 2. The van der Waals surface area contributed by atoms with E-state index in [1.807, 2.05) is 6.92 Å². The van der Waals surface area contributed by atoms with Crippen LogP contribution in [-0.2, 0) is 11.0 Å². The first-order valence-electron chi connectivity index (χ1n) is 13.2. The number of carboxylic acids is 1. The summed E-state index contributed by atoms with van der Waals surface area (Å²) >= 11 is 0. The lowest BCUT2D eigenvalue weighted by molar-refractivity contribution is -0.185. The van der Waals surface area contributed by atoms with E-state index in [1.165, 1.54) is 12.1 Å². The summed E-state index contributed by atoms with van der Waals surface area (Å²) in [7, 11) is 0. The van der Waals surface area contributed by atoms with Gasteiger partial charge in [-0.25, -0.2) is 0 Å². The number of halogens is 6. The smallest absolute Gasteiger partial charge is 0.420 e. The van der Waals surface area contributed by atoms with Crippen molar-refractivity contribution in [3.63, 3.8) is 0 Å². The molecule has 10 heteroatoms. The molecule has 1 saturated heterocycles. The zero-order valence-corrected chi connectivity index (χ0v) is 21.2. The van der Waals surface area contributed by atoms with Crippen molar-refractivity contribution < 1.29 is 41.0 Å². The average Bonchev–Trinajstić information content (AvgIpc) is 2.83. The Kier molecular flexibility index (Phi) is 8.49. The molecule has 4 rings (SSSR count). The highest BCUT2D eigenvalue weighted by Crippen LogP contribution is 2.44. The molecule has 210 valence electrons. The minimum absolute atomic E-state index is 0.0139. The molecule has 0 amide bonds. The Morgan fingerprint density at radius 1 is 1.05 bits per heavy atom. The first kappa shape index (κ1) is 28.5. The van der Waals surface area contributed by atoms with Crippen LogP contribution in [0.15, 0.2) is 30.3 Å². The highest BCUT2D eigenvalue weighted by molar-refractivity contribution is 5.89. The molecule has 38 heavy (non-hydrogen) atoms. The molecule has 2 atom stereocenters. The van der Waals surface area contributed by atoms with Crippen molar-refractivity contribution in [3.05, 3.63) is 41.5 Å². The third kappa shape index (κ3) is 6.55. The van der Waals surface area contributed by atoms with Gasteiger partial charge in [0, 0.05) is 19.0 Å². The zero-order chi connectivity index (χ0) is 27.7. The molecule has 2 aromatic carbocycles. The van der Waals surface area contributed by atoms with Crippen LogP contribution in [0.3, 0.4) is 0 Å². The molecule has 1 heterocycles. The monoisotopic (exact) mass is 545 g/mol. The molecule has 0 radical (unpaired) electrons. The Bertz CT molecular complexity index is 1120. The number of hydrogen-bond acceptors (Lipinski definition) is 3. The summed E-state index contributed by atoms with van der Waals surface area (Å²) in [4.78, 5) is 13.4. The molecule has 0 aromatic heterocycles. The lowest BCUT2D eigenvalue weighted by Crippen LogP contribution is -2.38. The van der Waals surface area contributed by atoms with Crippen LogP contribution in [0.25, 0.3) is 10.8 Å². The van der Waals surface area contributed by atoms with Crippen molar-refractivity contribution >= 4 is 16.7 Å². The predicted molar refractivity (Wildman–Crippen MR) is 131 cm³/mol. The Hall–Kier alpha value is -2.49. The molecule has 2 aromatic rings. The number of hydrogen-bond donors (Lipinski definition) is 1. The standard InChI is InChI=1S/C28H33F6NO3/c1-2-23(35-13-3-4-17(16-35)14-25(36)37)19-5-11-22-18(15-19)6-12-24(26(22)28(32,33)34)38-21-9-7-20(8-10-21)27(29,30)31/h5-6,11-12,15,17,20-21,23H,2-4,7-10,13-14,16H2,1H3,(H,36,37)/t17-,20-,21+,23?/m0/s1. The quantitative estimate of drug-likeness (QED) is 0.358. The number of aliphatic carboxylic acids is 1. The predicted octanol–water partition coefficient (Wildman–Crippen LogP) is 8.00. The van der Waals surface area contributed by atoms with Gasteiger partial charge in [0.15, 0.2) is 0 Å². The van der Waals surface area contributed by atoms with Gasteiger partial charge >= 0.3 is 18.3 Å². The second kappa shape index (κ2) is 11.3. The van der Waals surface area contributed by atoms with E-state index in [1.54, 1.807) is 18.2 Å². The first-order chi connectivity index (χ1) is 17.9. The van der Waals surface area contributed by atoms with Crippen LogP contribution in [0.4, 0.5) is 26.3 Å². The molecule has 1 aliphatic heterocycles. The molecule has 1 saturated carbocycles. The molecular weight excluding hydrogens is 512 g/mol. The van der Waals surface area contributed by atoms with Crippen molar-refractivity contribution in [3.8, 4) is 5.75 Å². The zero-order valence-electron chi connectivity index (χ0n) is 21.2. The SMILES string of the molecule is CCC(c1ccc2c(C(F)(F)F)c(O[C@H]3CC[C@@H](C(F)(F)F)CC3)ccc2c1)N1CCC[C@@H](CC(=O)O)C1. The maximum Gasteiger partial charge on any atom is 0.420 e. The van der Waals surface area contributed by atoms with Gasteiger partial charge in [0.1, 0.15) is 11.3 Å². The number of carbonyl (C=O) groups is 1. The van der Waals surface area contributed by atoms with Crippen molar-refractivity contribution in [1.29, 1.82) is 0 Å². The van der Waals surface area contributed by atoms with Crippen molar-refractivity contribution in [1.82, 2.24) is 4.90 Å². The highest BCUT2D eigenvalue weighted by Gasteiger charge is 2.43. The van der Waals surface area contributed by atoms with Gasteiger partial charge in [0.05, 0.1) is 12.0 Å². The Morgan fingerprint density at radius 3 is 2.37 bits per heavy atom. The number of piperidine rings is 1. The number of ether oxygens (including phenoxy) is 1. The molecule has 2 aliphatic rings.